The Morgan fingerprint density at radius 1 is 1.04 bits per heavy atom. The Morgan fingerprint density at radius 3 is 1.92 bits per heavy atom. The third-order valence-electron chi connectivity index (χ3n) is 3.50. The molecule has 0 aromatic heterocycles. The molecule has 0 aromatic rings. The van der Waals surface area contributed by atoms with E-state index in [9.17, 15) is 28.0 Å². The van der Waals surface area contributed by atoms with Crippen molar-refractivity contribution in [1.29, 1.82) is 0 Å². The maximum Gasteiger partial charge on any atom is 0.293 e. The second-order valence-electron chi connectivity index (χ2n) is 5.35. The fourth-order valence-electron chi connectivity index (χ4n) is 2.11. The summed E-state index contributed by atoms with van der Waals surface area (Å²) < 4.78 is 28.8. The average Bonchev–Trinajstić information content (AvgIpc) is 2.54. The number of hydrogen-bond acceptors (Lipinski definition) is 5. The summed E-state index contributed by atoms with van der Waals surface area (Å²) in [7, 11) is 0. The molecule has 0 N–H and O–H groups in total. The predicted molar refractivity (Wildman–Crippen MR) is 86.1 cm³/mol. The largest absolute Gasteiger partial charge is 0.468 e. The molecule has 0 bridgehead atoms. The van der Waals surface area contributed by atoms with E-state index >= 15 is 0 Å². The fourth-order valence-corrected chi connectivity index (χ4v) is 2.11. The summed E-state index contributed by atoms with van der Waals surface area (Å²) in [5.41, 5.74) is 0. The molecule has 0 aliphatic heterocycles. The van der Waals surface area contributed by atoms with E-state index in [-0.39, 0.29) is 31.8 Å². The SMILES string of the molecule is C.CCOC=O.O=C1CCC(F)CC1.O=CC1CC(F)CCC1=O. The van der Waals surface area contributed by atoms with E-state index in [2.05, 4.69) is 4.74 Å². The zero-order chi connectivity index (χ0) is 17.7. The lowest BCUT2D eigenvalue weighted by atomic mass is 9.88. The van der Waals surface area contributed by atoms with Gasteiger partial charge in [-0.2, -0.15) is 0 Å². The highest BCUT2D eigenvalue weighted by atomic mass is 19.1. The number of alkyl halides is 2. The van der Waals surface area contributed by atoms with Crippen molar-refractivity contribution in [2.75, 3.05) is 6.61 Å². The molecule has 2 unspecified atom stereocenters. The predicted octanol–water partition coefficient (Wildman–Crippen LogP) is 3.18. The first-order chi connectivity index (χ1) is 10.9. The molecule has 0 heterocycles. The Bertz CT molecular complexity index is 377. The van der Waals surface area contributed by atoms with Crippen molar-refractivity contribution in [3.63, 3.8) is 0 Å². The molecule has 0 spiro atoms. The number of Topliss-reactive ketones (excluding diaryl/α,β-unsaturated/α-hetero) is 2. The second-order valence-corrected chi connectivity index (χ2v) is 5.35. The van der Waals surface area contributed by atoms with Crippen LogP contribution in [0.5, 0.6) is 0 Å². The fraction of sp³-hybridized carbons (Fsp3) is 0.765. The third kappa shape index (κ3) is 11.8. The molecule has 2 aliphatic carbocycles. The normalized spacial score (nSPS) is 23.5. The Kier molecular flexibility index (Phi) is 15.3. The van der Waals surface area contributed by atoms with E-state index in [1.165, 1.54) is 0 Å². The van der Waals surface area contributed by atoms with Crippen LogP contribution >= 0.6 is 0 Å². The molecule has 2 fully saturated rings. The van der Waals surface area contributed by atoms with Gasteiger partial charge in [-0.1, -0.05) is 7.43 Å². The lowest BCUT2D eigenvalue weighted by molar-refractivity contribution is -0.130. The van der Waals surface area contributed by atoms with Crippen molar-refractivity contribution >= 4 is 24.3 Å². The molecule has 0 saturated heterocycles. The van der Waals surface area contributed by atoms with Crippen LogP contribution < -0.4 is 0 Å². The highest BCUT2D eigenvalue weighted by Crippen LogP contribution is 2.21. The smallest absolute Gasteiger partial charge is 0.293 e. The number of carbonyl (C=O) groups excluding carboxylic acids is 4. The number of rotatable bonds is 3. The number of aldehydes is 1. The van der Waals surface area contributed by atoms with Crippen LogP contribution in [-0.4, -0.2) is 43.3 Å². The molecular formula is C17H28F2O5. The molecule has 24 heavy (non-hydrogen) atoms. The van der Waals surface area contributed by atoms with Crippen LogP contribution in [0.3, 0.4) is 0 Å². The molecule has 0 amide bonds. The van der Waals surface area contributed by atoms with E-state index in [0.29, 0.717) is 51.5 Å². The van der Waals surface area contributed by atoms with E-state index in [4.69, 9.17) is 0 Å². The van der Waals surface area contributed by atoms with Gasteiger partial charge in [0, 0.05) is 19.3 Å². The highest BCUT2D eigenvalue weighted by Gasteiger charge is 2.27. The standard InChI is InChI=1S/C7H9FO2.C6H9FO.C3H6O2.CH4/c8-6-1-2-7(10)5(3-6)4-9;7-5-1-3-6(8)4-2-5;1-2-5-3-4;/h4-6H,1-3H2;5H,1-4H2;3H,2H2,1H3;1H4. The summed E-state index contributed by atoms with van der Waals surface area (Å²) in [4.78, 5) is 40.5. The van der Waals surface area contributed by atoms with E-state index in [0.717, 1.165) is 0 Å². The number of ketones is 2. The Balaban J connectivity index is 0. The Hall–Kier alpha value is -1.66. The first-order valence-corrected chi connectivity index (χ1v) is 7.77. The van der Waals surface area contributed by atoms with Gasteiger partial charge in [-0.3, -0.25) is 14.4 Å². The van der Waals surface area contributed by atoms with Crippen LogP contribution in [0.2, 0.25) is 0 Å². The van der Waals surface area contributed by atoms with Gasteiger partial charge in [0.15, 0.2) is 0 Å². The van der Waals surface area contributed by atoms with Gasteiger partial charge in [0.1, 0.15) is 30.2 Å². The monoisotopic (exact) mass is 350 g/mol. The molecule has 0 radical (unpaired) electrons. The highest BCUT2D eigenvalue weighted by molar-refractivity contribution is 5.93. The summed E-state index contributed by atoms with van der Waals surface area (Å²) in [6, 6.07) is 0. The van der Waals surface area contributed by atoms with Gasteiger partial charge in [-0.15, -0.1) is 0 Å². The Morgan fingerprint density at radius 2 is 1.58 bits per heavy atom. The van der Waals surface area contributed by atoms with Crippen molar-refractivity contribution < 1.29 is 32.7 Å². The molecule has 2 atom stereocenters. The van der Waals surface area contributed by atoms with E-state index in [1.807, 2.05) is 0 Å². The van der Waals surface area contributed by atoms with Crippen molar-refractivity contribution in [2.24, 2.45) is 5.92 Å². The molecule has 2 aliphatic rings. The lowest BCUT2D eigenvalue weighted by Gasteiger charge is -2.18. The molecule has 2 saturated carbocycles. The van der Waals surface area contributed by atoms with Crippen LogP contribution in [0.25, 0.3) is 0 Å². The van der Waals surface area contributed by atoms with Crippen LogP contribution in [0.15, 0.2) is 0 Å². The quantitative estimate of drug-likeness (QED) is 0.577. The number of ether oxygens (including phenoxy) is 1. The van der Waals surface area contributed by atoms with Gasteiger partial charge in [-0.25, -0.2) is 8.78 Å². The van der Waals surface area contributed by atoms with Gasteiger partial charge in [0.2, 0.25) is 0 Å². The van der Waals surface area contributed by atoms with Crippen molar-refractivity contribution in [3.8, 4) is 0 Å². The minimum atomic E-state index is -0.951. The summed E-state index contributed by atoms with van der Waals surface area (Å²) in [5, 5.41) is 0. The number of carbonyl (C=O) groups is 4. The minimum absolute atomic E-state index is 0. The zero-order valence-corrected chi connectivity index (χ0v) is 13.3. The maximum absolute atomic E-state index is 12.5. The Labute approximate surface area is 142 Å². The molecule has 0 aromatic carbocycles. The third-order valence-corrected chi connectivity index (χ3v) is 3.50. The summed E-state index contributed by atoms with van der Waals surface area (Å²) >= 11 is 0. The molecule has 7 heteroatoms. The van der Waals surface area contributed by atoms with Gasteiger partial charge in [0.25, 0.3) is 6.47 Å². The van der Waals surface area contributed by atoms with E-state index < -0.39 is 18.3 Å². The van der Waals surface area contributed by atoms with Crippen molar-refractivity contribution in [2.45, 2.75) is 71.6 Å². The molecule has 140 valence electrons. The van der Waals surface area contributed by atoms with Gasteiger partial charge in [-0.05, 0) is 32.6 Å². The second kappa shape index (κ2) is 14.9. The molecular weight excluding hydrogens is 322 g/mol. The van der Waals surface area contributed by atoms with Crippen LogP contribution in [-0.2, 0) is 23.9 Å². The molecule has 5 nitrogen and oxygen atoms in total. The first-order valence-electron chi connectivity index (χ1n) is 7.77. The maximum atomic E-state index is 12.5. The average molecular weight is 350 g/mol. The summed E-state index contributed by atoms with van der Waals surface area (Å²) in [5.74, 6) is -0.549. The minimum Gasteiger partial charge on any atom is -0.468 e. The van der Waals surface area contributed by atoms with Crippen LogP contribution in [0, 0.1) is 5.92 Å². The topological polar surface area (TPSA) is 77.5 Å². The first kappa shape index (κ1) is 24.6. The van der Waals surface area contributed by atoms with Crippen molar-refractivity contribution in [3.05, 3.63) is 0 Å². The van der Waals surface area contributed by atoms with Crippen molar-refractivity contribution in [1.82, 2.24) is 0 Å². The summed E-state index contributed by atoms with van der Waals surface area (Å²) in [6.07, 6.45) is 1.35. The number of halogens is 2. The van der Waals surface area contributed by atoms with Gasteiger partial charge in [0.05, 0.1) is 12.5 Å². The van der Waals surface area contributed by atoms with Gasteiger partial charge >= 0.3 is 0 Å². The molecule has 2 rings (SSSR count). The summed E-state index contributed by atoms with van der Waals surface area (Å²) in [6.45, 7) is 2.66. The lowest BCUT2D eigenvalue weighted by Crippen LogP contribution is -2.26. The zero-order valence-electron chi connectivity index (χ0n) is 13.3. The van der Waals surface area contributed by atoms with Gasteiger partial charge < -0.3 is 9.53 Å². The van der Waals surface area contributed by atoms with E-state index in [1.54, 1.807) is 6.92 Å². The van der Waals surface area contributed by atoms with Crippen LogP contribution in [0.4, 0.5) is 8.78 Å². The van der Waals surface area contributed by atoms with Crippen LogP contribution in [0.1, 0.15) is 59.3 Å². The number of hydrogen-bond donors (Lipinski definition) is 0.